The molecule has 0 aromatic rings. The number of allylic oxidation sites excluding steroid dienone is 5. The van der Waals surface area contributed by atoms with Crippen molar-refractivity contribution >= 4 is 10.2 Å². The number of quaternary nitrogens is 1. The van der Waals surface area contributed by atoms with Gasteiger partial charge in [-0.2, -0.15) is 0 Å². The summed E-state index contributed by atoms with van der Waals surface area (Å²) < 4.78 is 0.962. The molecule has 19 heavy (non-hydrogen) atoms. The molecule has 3 radical (unpaired) electrons. The molecule has 0 saturated heterocycles. The van der Waals surface area contributed by atoms with Crippen LogP contribution in [0, 0.1) is 6.42 Å². The molecular formula is C16H27N2Si+2. The average molecular weight is 275 g/mol. The number of nitrogens with zero attached hydrogens (tertiary/aromatic N) is 1. The van der Waals surface area contributed by atoms with Crippen molar-refractivity contribution in [1.82, 2.24) is 5.32 Å². The molecule has 2 nitrogen and oxygen atoms in total. The van der Waals surface area contributed by atoms with Crippen molar-refractivity contribution < 1.29 is 4.48 Å². The molecule has 1 aliphatic rings. The summed E-state index contributed by atoms with van der Waals surface area (Å²) >= 11 is 0. The maximum absolute atomic E-state index is 3.42. The Balaban J connectivity index is 2.16. The highest BCUT2D eigenvalue weighted by Crippen LogP contribution is 2.14. The fourth-order valence-corrected chi connectivity index (χ4v) is 2.40. The zero-order chi connectivity index (χ0) is 14.0. The molecule has 0 bridgehead atoms. The van der Waals surface area contributed by atoms with Crippen LogP contribution in [-0.4, -0.2) is 48.1 Å². The molecule has 0 unspecified atom stereocenters. The molecule has 0 aromatic heterocycles. The van der Waals surface area contributed by atoms with Gasteiger partial charge in [0.25, 0.3) is 0 Å². The van der Waals surface area contributed by atoms with Crippen LogP contribution in [0.25, 0.3) is 0 Å². The van der Waals surface area contributed by atoms with E-state index in [1.165, 1.54) is 37.8 Å². The molecule has 0 atom stereocenters. The van der Waals surface area contributed by atoms with Crippen molar-refractivity contribution in [2.75, 3.05) is 33.4 Å². The summed E-state index contributed by atoms with van der Waals surface area (Å²) in [5.41, 5.74) is 1.31. The second-order valence-corrected chi connectivity index (χ2v) is 5.99. The molecule has 1 aliphatic carbocycles. The first kappa shape index (κ1) is 16.3. The zero-order valence-corrected chi connectivity index (χ0v) is 13.4. The first-order valence-corrected chi connectivity index (χ1v) is 7.94. The largest absolute Gasteiger partial charge is 0.320 e. The van der Waals surface area contributed by atoms with E-state index in [0.717, 1.165) is 17.2 Å². The van der Waals surface area contributed by atoms with Crippen molar-refractivity contribution in [3.63, 3.8) is 0 Å². The summed E-state index contributed by atoms with van der Waals surface area (Å²) in [6, 6.07) is 0. The first-order valence-electron chi connectivity index (χ1n) is 7.23. The van der Waals surface area contributed by atoms with Crippen molar-refractivity contribution in [3.05, 3.63) is 42.5 Å². The van der Waals surface area contributed by atoms with E-state index in [1.54, 1.807) is 0 Å². The van der Waals surface area contributed by atoms with Crippen molar-refractivity contribution in [2.24, 2.45) is 0 Å². The Morgan fingerprint density at radius 3 is 2.68 bits per heavy atom. The molecule has 3 heteroatoms. The smallest absolute Gasteiger partial charge is 0.177 e. The minimum Gasteiger partial charge on any atom is -0.320 e. The maximum Gasteiger partial charge on any atom is 0.177 e. The Hall–Kier alpha value is -0.773. The van der Waals surface area contributed by atoms with Gasteiger partial charge in [0.1, 0.15) is 5.57 Å². The second kappa shape index (κ2) is 9.18. The summed E-state index contributed by atoms with van der Waals surface area (Å²) in [7, 11) is 7.97. The van der Waals surface area contributed by atoms with Gasteiger partial charge in [0.05, 0.1) is 20.6 Å². The van der Waals surface area contributed by atoms with Crippen molar-refractivity contribution in [2.45, 2.75) is 25.7 Å². The van der Waals surface area contributed by atoms with Gasteiger partial charge in [0, 0.05) is 41.0 Å². The molecule has 0 aromatic carbocycles. The topological polar surface area (TPSA) is 12.0 Å². The number of hydrogen-bond donors (Lipinski definition) is 1. The fourth-order valence-electron chi connectivity index (χ4n) is 2.22. The van der Waals surface area contributed by atoms with Crippen LogP contribution < -0.4 is 5.32 Å². The highest BCUT2D eigenvalue weighted by atomic mass is 28.1. The zero-order valence-electron chi connectivity index (χ0n) is 12.4. The second-order valence-electron chi connectivity index (χ2n) is 5.63. The molecule has 0 aliphatic heterocycles. The first-order chi connectivity index (χ1) is 9.14. The predicted octanol–water partition coefficient (Wildman–Crippen LogP) is 2.55. The van der Waals surface area contributed by atoms with Crippen LogP contribution in [0.2, 0.25) is 0 Å². The van der Waals surface area contributed by atoms with Crippen molar-refractivity contribution in [1.29, 1.82) is 0 Å². The lowest BCUT2D eigenvalue weighted by molar-refractivity contribution is -0.839. The highest BCUT2D eigenvalue weighted by Gasteiger charge is 2.17. The number of hydrogen-bond acceptors (Lipinski definition) is 1. The Bertz CT molecular complexity index is 330. The molecule has 0 amide bonds. The van der Waals surface area contributed by atoms with Crippen LogP contribution in [0.1, 0.15) is 25.7 Å². The monoisotopic (exact) mass is 275 g/mol. The molecule has 0 saturated carbocycles. The van der Waals surface area contributed by atoms with E-state index >= 15 is 0 Å². The third-order valence-electron chi connectivity index (χ3n) is 3.26. The van der Waals surface area contributed by atoms with E-state index < -0.39 is 0 Å². The van der Waals surface area contributed by atoms with Gasteiger partial charge in [-0.05, 0) is 32.0 Å². The lowest BCUT2D eigenvalue weighted by atomic mass is 10.1. The van der Waals surface area contributed by atoms with E-state index in [4.69, 9.17) is 0 Å². The molecule has 103 valence electrons. The third kappa shape index (κ3) is 8.08. The standard InChI is InChI=1S/C16H27N2Si/c1-18(2,14-16-10-6-5-7-11-16)13-9-4-3-8-12-17-15-19/h5-7,10-11,14,17H,3-4,8-9,12-13,15H2,1-2H3/q+2. The van der Waals surface area contributed by atoms with Crippen molar-refractivity contribution in [3.8, 4) is 0 Å². The van der Waals surface area contributed by atoms with Gasteiger partial charge >= 0.3 is 0 Å². The van der Waals surface area contributed by atoms with Gasteiger partial charge < -0.3 is 5.32 Å². The summed E-state index contributed by atoms with van der Waals surface area (Å²) in [6.45, 7) is 2.33. The summed E-state index contributed by atoms with van der Waals surface area (Å²) in [4.78, 5) is 0. The van der Waals surface area contributed by atoms with E-state index in [-0.39, 0.29) is 0 Å². The Morgan fingerprint density at radius 1 is 1.21 bits per heavy atom. The molecule has 1 N–H and O–H groups in total. The van der Waals surface area contributed by atoms with Gasteiger partial charge in [-0.1, -0.05) is 6.42 Å². The number of nitrogens with one attached hydrogen (secondary N) is 1. The minimum atomic E-state index is 0.899. The maximum atomic E-state index is 3.42. The molecule has 0 fully saturated rings. The molecular weight excluding hydrogens is 248 g/mol. The Labute approximate surface area is 122 Å². The van der Waals surface area contributed by atoms with Crippen LogP contribution in [0.5, 0.6) is 0 Å². The normalized spacial score (nSPS) is 16.9. The third-order valence-corrected chi connectivity index (χ3v) is 3.51. The van der Waals surface area contributed by atoms with Crippen LogP contribution in [0.3, 0.4) is 0 Å². The van der Waals surface area contributed by atoms with Crippen LogP contribution in [-0.2, 0) is 0 Å². The van der Waals surface area contributed by atoms with Gasteiger partial charge in [0.15, 0.2) is 6.20 Å². The van der Waals surface area contributed by atoms with Gasteiger partial charge in [0.2, 0.25) is 0 Å². The lowest BCUT2D eigenvalue weighted by Gasteiger charge is -2.22. The predicted molar refractivity (Wildman–Crippen MR) is 84.7 cm³/mol. The lowest BCUT2D eigenvalue weighted by Crippen LogP contribution is -2.34. The summed E-state index contributed by atoms with van der Waals surface area (Å²) in [5.74, 6) is 0. The quantitative estimate of drug-likeness (QED) is 0.295. The molecule has 0 spiro atoms. The van der Waals surface area contributed by atoms with Gasteiger partial charge in [-0.15, -0.1) is 0 Å². The SMILES string of the molecule is C[N+](C)(C=C1C=CC=C[CH+]1)CCCCCCNC[Si]. The van der Waals surface area contributed by atoms with E-state index in [2.05, 4.69) is 66.6 Å². The summed E-state index contributed by atoms with van der Waals surface area (Å²) in [5, 5.41) is 3.29. The number of unbranched alkanes of at least 4 members (excludes halogenated alkanes) is 3. The Kier molecular flexibility index (Phi) is 7.87. The van der Waals surface area contributed by atoms with E-state index in [0.29, 0.717) is 0 Å². The summed E-state index contributed by atoms with van der Waals surface area (Å²) in [6.07, 6.45) is 19.1. The fraction of sp³-hybridized carbons (Fsp3) is 0.562. The molecule has 1 rings (SSSR count). The number of rotatable bonds is 9. The van der Waals surface area contributed by atoms with Gasteiger partial charge in [-0.25, -0.2) is 0 Å². The average Bonchev–Trinajstić information content (AvgIpc) is 2.38. The minimum absolute atomic E-state index is 0.899. The molecule has 0 heterocycles. The Morgan fingerprint density at radius 2 is 2.00 bits per heavy atom. The van der Waals surface area contributed by atoms with Crippen LogP contribution in [0.4, 0.5) is 0 Å². The van der Waals surface area contributed by atoms with E-state index in [9.17, 15) is 0 Å². The van der Waals surface area contributed by atoms with Crippen LogP contribution in [0.15, 0.2) is 36.1 Å². The van der Waals surface area contributed by atoms with Gasteiger partial charge in [-0.3, -0.25) is 4.48 Å². The van der Waals surface area contributed by atoms with E-state index in [1.807, 2.05) is 0 Å². The van der Waals surface area contributed by atoms with Crippen LogP contribution >= 0.6 is 0 Å². The highest BCUT2D eigenvalue weighted by molar-refractivity contribution is 6.08.